The normalized spacial score (nSPS) is 20.5. The van der Waals surface area contributed by atoms with Crippen molar-refractivity contribution in [3.8, 4) is 0 Å². The quantitative estimate of drug-likeness (QED) is 0.849. The Morgan fingerprint density at radius 3 is 3.20 bits per heavy atom. The predicted molar refractivity (Wildman–Crippen MR) is 65.3 cm³/mol. The van der Waals surface area contributed by atoms with Crippen molar-refractivity contribution in [2.45, 2.75) is 19.8 Å². The molecule has 1 aliphatic rings. The van der Waals surface area contributed by atoms with Crippen LogP contribution in [0.4, 0.5) is 5.82 Å². The summed E-state index contributed by atoms with van der Waals surface area (Å²) in [5, 5.41) is 3.40. The predicted octanol–water partition coefficient (Wildman–Crippen LogP) is 2.20. The molecule has 0 aliphatic carbocycles. The van der Waals surface area contributed by atoms with Gasteiger partial charge in [-0.3, -0.25) is 0 Å². The first-order chi connectivity index (χ1) is 7.38. The lowest BCUT2D eigenvalue weighted by atomic mass is 10.1. The van der Waals surface area contributed by atoms with E-state index >= 15 is 0 Å². The average molecular weight is 223 g/mol. The number of rotatable bonds is 4. The molecule has 0 bridgehead atoms. The van der Waals surface area contributed by atoms with Gasteiger partial charge in [0.25, 0.3) is 0 Å². The Balaban J connectivity index is 1.86. The first-order valence-electron chi connectivity index (χ1n) is 5.51. The molecule has 82 valence electrons. The monoisotopic (exact) mass is 223 g/mol. The minimum Gasteiger partial charge on any atom is -0.370 e. The summed E-state index contributed by atoms with van der Waals surface area (Å²) >= 11 is 2.05. The summed E-state index contributed by atoms with van der Waals surface area (Å²) in [6, 6.07) is 2.04. The number of nitrogens with zero attached hydrogens (tertiary/aromatic N) is 2. The second-order valence-corrected chi connectivity index (χ2v) is 5.01. The van der Waals surface area contributed by atoms with Gasteiger partial charge in [-0.25, -0.2) is 9.97 Å². The molecule has 15 heavy (non-hydrogen) atoms. The molecule has 0 radical (unpaired) electrons. The Labute approximate surface area is 95.1 Å². The van der Waals surface area contributed by atoms with E-state index < -0.39 is 0 Å². The molecule has 4 heteroatoms. The topological polar surface area (TPSA) is 37.8 Å². The summed E-state index contributed by atoms with van der Waals surface area (Å²) in [5.74, 6) is 4.39. The van der Waals surface area contributed by atoms with Gasteiger partial charge in [0.15, 0.2) is 0 Å². The highest BCUT2D eigenvalue weighted by Gasteiger charge is 2.14. The molecule has 1 unspecified atom stereocenters. The molecule has 2 heterocycles. The highest BCUT2D eigenvalue weighted by molar-refractivity contribution is 7.99. The van der Waals surface area contributed by atoms with Gasteiger partial charge in [-0.1, -0.05) is 6.92 Å². The highest BCUT2D eigenvalue weighted by Crippen LogP contribution is 2.23. The van der Waals surface area contributed by atoms with E-state index in [0.29, 0.717) is 0 Å². The fourth-order valence-electron chi connectivity index (χ4n) is 1.68. The second-order valence-electron chi connectivity index (χ2n) is 3.86. The number of anilines is 1. The zero-order chi connectivity index (χ0) is 10.5. The van der Waals surface area contributed by atoms with Crippen LogP contribution in [-0.2, 0) is 6.42 Å². The molecule has 0 amide bonds. The lowest BCUT2D eigenvalue weighted by Gasteiger charge is -2.10. The van der Waals surface area contributed by atoms with Gasteiger partial charge in [0.1, 0.15) is 12.1 Å². The molecule has 0 spiro atoms. The first kappa shape index (κ1) is 10.7. The molecule has 1 atom stereocenters. The van der Waals surface area contributed by atoms with Crippen LogP contribution >= 0.6 is 11.8 Å². The van der Waals surface area contributed by atoms with Crippen molar-refractivity contribution in [3.63, 3.8) is 0 Å². The van der Waals surface area contributed by atoms with Crippen molar-refractivity contribution >= 4 is 17.6 Å². The van der Waals surface area contributed by atoms with Crippen LogP contribution in [0.15, 0.2) is 12.4 Å². The fourth-order valence-corrected chi connectivity index (χ4v) is 2.97. The number of aromatic nitrogens is 2. The molecule has 1 aromatic heterocycles. The number of hydrogen-bond donors (Lipinski definition) is 1. The van der Waals surface area contributed by atoms with E-state index in [4.69, 9.17) is 0 Å². The maximum Gasteiger partial charge on any atom is 0.129 e. The average Bonchev–Trinajstić information content (AvgIpc) is 2.79. The lowest BCUT2D eigenvalue weighted by Crippen LogP contribution is -2.14. The zero-order valence-electron chi connectivity index (χ0n) is 9.07. The van der Waals surface area contributed by atoms with Crippen LogP contribution in [0.3, 0.4) is 0 Å². The maximum atomic E-state index is 4.22. The lowest BCUT2D eigenvalue weighted by molar-refractivity contribution is 0.630. The molecule has 2 rings (SSSR count). The Kier molecular flexibility index (Phi) is 3.83. The van der Waals surface area contributed by atoms with Crippen molar-refractivity contribution in [2.24, 2.45) is 5.92 Å². The summed E-state index contributed by atoms with van der Waals surface area (Å²) in [4.78, 5) is 8.40. The van der Waals surface area contributed by atoms with E-state index in [-0.39, 0.29) is 0 Å². The van der Waals surface area contributed by atoms with Crippen LogP contribution < -0.4 is 5.32 Å². The molecule has 1 aromatic rings. The minimum atomic E-state index is 0.815. The van der Waals surface area contributed by atoms with Crippen LogP contribution in [0, 0.1) is 5.92 Å². The van der Waals surface area contributed by atoms with Crippen LogP contribution in [0.5, 0.6) is 0 Å². The second kappa shape index (κ2) is 5.35. The van der Waals surface area contributed by atoms with Gasteiger partial charge in [-0.2, -0.15) is 11.8 Å². The van der Waals surface area contributed by atoms with Gasteiger partial charge < -0.3 is 5.32 Å². The summed E-state index contributed by atoms with van der Waals surface area (Å²) in [5.41, 5.74) is 1.10. The van der Waals surface area contributed by atoms with Gasteiger partial charge >= 0.3 is 0 Å². The fraction of sp³-hybridized carbons (Fsp3) is 0.636. The van der Waals surface area contributed by atoms with Gasteiger partial charge in [0.2, 0.25) is 0 Å². The molecule has 3 nitrogen and oxygen atoms in total. The van der Waals surface area contributed by atoms with Crippen LogP contribution in [0.25, 0.3) is 0 Å². The van der Waals surface area contributed by atoms with E-state index in [0.717, 1.165) is 30.4 Å². The molecular formula is C11H17N3S. The standard InChI is InChI=1S/C11H17N3S/c1-2-10-5-11(14-8-13-10)12-6-9-3-4-15-7-9/h5,8-9H,2-4,6-7H2,1H3,(H,12,13,14). The Morgan fingerprint density at radius 2 is 2.47 bits per heavy atom. The van der Waals surface area contributed by atoms with Gasteiger partial charge in [-0.05, 0) is 30.3 Å². The summed E-state index contributed by atoms with van der Waals surface area (Å²) in [7, 11) is 0. The van der Waals surface area contributed by atoms with E-state index in [1.165, 1.54) is 17.9 Å². The number of thioether (sulfide) groups is 1. The van der Waals surface area contributed by atoms with Gasteiger partial charge in [0.05, 0.1) is 0 Å². The molecule has 1 N–H and O–H groups in total. The van der Waals surface area contributed by atoms with E-state index in [1.807, 2.05) is 6.07 Å². The molecule has 1 aliphatic heterocycles. The van der Waals surface area contributed by atoms with Crippen LogP contribution in [0.2, 0.25) is 0 Å². The first-order valence-corrected chi connectivity index (χ1v) is 6.66. The van der Waals surface area contributed by atoms with Crippen molar-refractivity contribution in [2.75, 3.05) is 23.4 Å². The smallest absolute Gasteiger partial charge is 0.129 e. The maximum absolute atomic E-state index is 4.22. The minimum absolute atomic E-state index is 0.815. The zero-order valence-corrected chi connectivity index (χ0v) is 9.89. The van der Waals surface area contributed by atoms with Crippen molar-refractivity contribution < 1.29 is 0 Å². The molecule has 0 saturated carbocycles. The Bertz CT molecular complexity index is 310. The summed E-state index contributed by atoms with van der Waals surface area (Å²) in [6.45, 7) is 3.16. The van der Waals surface area contributed by atoms with Crippen molar-refractivity contribution in [3.05, 3.63) is 18.1 Å². The summed E-state index contributed by atoms with van der Waals surface area (Å²) < 4.78 is 0. The third-order valence-corrected chi connectivity index (χ3v) is 3.91. The van der Waals surface area contributed by atoms with Gasteiger partial charge in [0, 0.05) is 18.3 Å². The molecule has 1 saturated heterocycles. The van der Waals surface area contributed by atoms with Crippen molar-refractivity contribution in [1.29, 1.82) is 0 Å². The van der Waals surface area contributed by atoms with Crippen molar-refractivity contribution in [1.82, 2.24) is 9.97 Å². The largest absolute Gasteiger partial charge is 0.370 e. The SMILES string of the molecule is CCc1cc(NCC2CCSC2)ncn1. The highest BCUT2D eigenvalue weighted by atomic mass is 32.2. The Hall–Kier alpha value is -0.770. The molecule has 1 fully saturated rings. The summed E-state index contributed by atoms with van der Waals surface area (Å²) in [6.07, 6.45) is 3.95. The van der Waals surface area contributed by atoms with Crippen LogP contribution in [-0.4, -0.2) is 28.0 Å². The van der Waals surface area contributed by atoms with E-state index in [1.54, 1.807) is 6.33 Å². The number of aryl methyl sites for hydroxylation is 1. The Morgan fingerprint density at radius 1 is 1.53 bits per heavy atom. The van der Waals surface area contributed by atoms with Crippen LogP contribution in [0.1, 0.15) is 19.0 Å². The van der Waals surface area contributed by atoms with E-state index in [9.17, 15) is 0 Å². The molecule has 0 aromatic carbocycles. The number of nitrogens with one attached hydrogen (secondary N) is 1. The third kappa shape index (κ3) is 3.09. The van der Waals surface area contributed by atoms with Gasteiger partial charge in [-0.15, -0.1) is 0 Å². The van der Waals surface area contributed by atoms with E-state index in [2.05, 4.69) is 34.0 Å². The third-order valence-electron chi connectivity index (χ3n) is 2.68. The molecular weight excluding hydrogens is 206 g/mol. The number of hydrogen-bond acceptors (Lipinski definition) is 4.